The highest BCUT2D eigenvalue weighted by molar-refractivity contribution is 5.24. The van der Waals surface area contributed by atoms with Gasteiger partial charge in [-0.1, -0.05) is 0 Å². The summed E-state index contributed by atoms with van der Waals surface area (Å²) in [5.74, 6) is 0.644. The van der Waals surface area contributed by atoms with Crippen LogP contribution in [0.3, 0.4) is 0 Å². The average Bonchev–Trinajstić information content (AvgIpc) is 2.14. The van der Waals surface area contributed by atoms with E-state index in [1.165, 1.54) is 0 Å². The number of hydrogen-bond donors (Lipinski definition) is 1. The number of aliphatic hydroxyl groups excluding tert-OH is 1. The number of pyridine rings is 1. The van der Waals surface area contributed by atoms with E-state index in [0.717, 1.165) is 24.1 Å². The van der Waals surface area contributed by atoms with Crippen molar-refractivity contribution in [1.82, 2.24) is 4.98 Å². The lowest BCUT2D eigenvalue weighted by atomic mass is 10.1. The molecule has 1 heterocycles. The molecule has 0 aliphatic carbocycles. The average molecular weight is 195 g/mol. The minimum Gasteiger partial charge on any atom is -0.481 e. The van der Waals surface area contributed by atoms with Gasteiger partial charge in [0.2, 0.25) is 5.88 Å². The summed E-state index contributed by atoms with van der Waals surface area (Å²) in [5, 5.41) is 9.16. The number of aryl methyl sites for hydroxylation is 2. The second-order valence-corrected chi connectivity index (χ2v) is 3.55. The molecule has 0 aromatic carbocycles. The molecule has 0 spiro atoms. The Labute approximate surface area is 84.7 Å². The molecule has 0 bridgehead atoms. The molecule has 1 atom stereocenters. The molecule has 1 rings (SSSR count). The van der Waals surface area contributed by atoms with Crippen molar-refractivity contribution >= 4 is 0 Å². The fourth-order valence-electron chi connectivity index (χ4n) is 1.33. The summed E-state index contributed by atoms with van der Waals surface area (Å²) in [6.07, 6.45) is 1.37. The number of hydrogen-bond acceptors (Lipinski definition) is 3. The van der Waals surface area contributed by atoms with E-state index in [2.05, 4.69) is 4.98 Å². The maximum atomic E-state index is 9.16. The third-order valence-electron chi connectivity index (χ3n) is 2.05. The van der Waals surface area contributed by atoms with Gasteiger partial charge in [0, 0.05) is 11.8 Å². The summed E-state index contributed by atoms with van der Waals surface area (Å²) < 4.78 is 5.07. The Morgan fingerprint density at radius 1 is 1.50 bits per heavy atom. The molecule has 0 radical (unpaired) electrons. The molecular weight excluding hydrogens is 178 g/mol. The highest BCUT2D eigenvalue weighted by Crippen LogP contribution is 2.14. The van der Waals surface area contributed by atoms with Gasteiger partial charge >= 0.3 is 0 Å². The van der Waals surface area contributed by atoms with Gasteiger partial charge in [-0.15, -0.1) is 0 Å². The Balaban J connectivity index is 2.71. The Hall–Kier alpha value is -1.09. The molecule has 0 saturated heterocycles. The van der Waals surface area contributed by atoms with Crippen LogP contribution in [0.2, 0.25) is 0 Å². The fourth-order valence-corrected chi connectivity index (χ4v) is 1.33. The van der Waals surface area contributed by atoms with Gasteiger partial charge in [0.05, 0.1) is 13.2 Å². The van der Waals surface area contributed by atoms with Crippen LogP contribution in [0, 0.1) is 6.92 Å². The molecule has 0 amide bonds. The molecule has 0 fully saturated rings. The summed E-state index contributed by atoms with van der Waals surface area (Å²) in [4.78, 5) is 4.19. The fraction of sp³-hybridized carbons (Fsp3) is 0.545. The first-order valence-electron chi connectivity index (χ1n) is 4.81. The van der Waals surface area contributed by atoms with Gasteiger partial charge in [0.1, 0.15) is 0 Å². The zero-order chi connectivity index (χ0) is 10.6. The number of aliphatic hydroxyl groups is 1. The van der Waals surface area contributed by atoms with Crippen molar-refractivity contribution < 1.29 is 9.84 Å². The number of methoxy groups -OCH3 is 1. The maximum Gasteiger partial charge on any atom is 0.213 e. The van der Waals surface area contributed by atoms with Crippen LogP contribution >= 0.6 is 0 Å². The van der Waals surface area contributed by atoms with E-state index in [9.17, 15) is 0 Å². The Morgan fingerprint density at radius 3 is 2.79 bits per heavy atom. The predicted molar refractivity (Wildman–Crippen MR) is 55.5 cm³/mol. The van der Waals surface area contributed by atoms with Crippen LogP contribution in [0.15, 0.2) is 12.1 Å². The Kier molecular flexibility index (Phi) is 3.89. The monoisotopic (exact) mass is 195 g/mol. The Morgan fingerprint density at radius 2 is 2.21 bits per heavy atom. The van der Waals surface area contributed by atoms with Gasteiger partial charge in [-0.3, -0.25) is 0 Å². The van der Waals surface area contributed by atoms with Crippen molar-refractivity contribution in [3.8, 4) is 5.88 Å². The third-order valence-corrected chi connectivity index (χ3v) is 2.05. The standard InChI is InChI=1S/C11H17NO2/c1-8-6-10(5-4-9(2)13)7-11(12-8)14-3/h6-7,9,13H,4-5H2,1-3H3/t9-/m0/s1. The molecule has 0 unspecified atom stereocenters. The number of aromatic nitrogens is 1. The molecule has 1 aromatic heterocycles. The van der Waals surface area contributed by atoms with Crippen molar-refractivity contribution in [2.45, 2.75) is 32.8 Å². The molecule has 1 N–H and O–H groups in total. The summed E-state index contributed by atoms with van der Waals surface area (Å²) in [5.41, 5.74) is 2.11. The van der Waals surface area contributed by atoms with Crippen LogP contribution in [-0.4, -0.2) is 23.3 Å². The number of rotatable bonds is 4. The van der Waals surface area contributed by atoms with E-state index in [1.807, 2.05) is 19.1 Å². The van der Waals surface area contributed by atoms with E-state index >= 15 is 0 Å². The summed E-state index contributed by atoms with van der Waals surface area (Å²) >= 11 is 0. The molecule has 0 saturated carbocycles. The van der Waals surface area contributed by atoms with Crippen LogP contribution < -0.4 is 4.74 Å². The SMILES string of the molecule is COc1cc(CC[C@H](C)O)cc(C)n1. The van der Waals surface area contributed by atoms with Crippen molar-refractivity contribution in [3.05, 3.63) is 23.4 Å². The van der Waals surface area contributed by atoms with Crippen molar-refractivity contribution in [1.29, 1.82) is 0 Å². The predicted octanol–water partition coefficient (Wildman–Crippen LogP) is 1.71. The van der Waals surface area contributed by atoms with Gasteiger partial charge in [-0.25, -0.2) is 4.98 Å². The van der Waals surface area contributed by atoms with Crippen molar-refractivity contribution in [2.75, 3.05) is 7.11 Å². The highest BCUT2D eigenvalue weighted by atomic mass is 16.5. The second-order valence-electron chi connectivity index (χ2n) is 3.55. The van der Waals surface area contributed by atoms with Gasteiger partial charge in [-0.2, -0.15) is 0 Å². The van der Waals surface area contributed by atoms with E-state index in [-0.39, 0.29) is 6.10 Å². The van der Waals surface area contributed by atoms with Crippen LogP contribution in [0.1, 0.15) is 24.6 Å². The lowest BCUT2D eigenvalue weighted by Crippen LogP contribution is -2.02. The van der Waals surface area contributed by atoms with Gasteiger partial charge in [0.25, 0.3) is 0 Å². The smallest absolute Gasteiger partial charge is 0.213 e. The molecule has 3 heteroatoms. The minimum atomic E-state index is -0.255. The zero-order valence-corrected chi connectivity index (χ0v) is 8.95. The topological polar surface area (TPSA) is 42.4 Å². The first-order chi connectivity index (χ1) is 6.61. The molecule has 0 aliphatic rings. The summed E-state index contributed by atoms with van der Waals surface area (Å²) in [7, 11) is 1.61. The van der Waals surface area contributed by atoms with Crippen LogP contribution in [0.5, 0.6) is 5.88 Å². The summed E-state index contributed by atoms with van der Waals surface area (Å²) in [6.45, 7) is 3.74. The minimum absolute atomic E-state index is 0.255. The first-order valence-corrected chi connectivity index (χ1v) is 4.81. The van der Waals surface area contributed by atoms with Crippen molar-refractivity contribution in [2.24, 2.45) is 0 Å². The quantitative estimate of drug-likeness (QED) is 0.795. The highest BCUT2D eigenvalue weighted by Gasteiger charge is 2.02. The van der Waals surface area contributed by atoms with Gasteiger partial charge in [0.15, 0.2) is 0 Å². The summed E-state index contributed by atoms with van der Waals surface area (Å²) in [6, 6.07) is 3.93. The molecule has 78 valence electrons. The van der Waals surface area contributed by atoms with Gasteiger partial charge in [-0.05, 0) is 38.3 Å². The lowest BCUT2D eigenvalue weighted by Gasteiger charge is -2.07. The molecular formula is C11H17NO2. The molecule has 1 aromatic rings. The molecule has 14 heavy (non-hydrogen) atoms. The number of ether oxygens (including phenoxy) is 1. The zero-order valence-electron chi connectivity index (χ0n) is 8.95. The molecule has 3 nitrogen and oxygen atoms in total. The van der Waals surface area contributed by atoms with E-state index in [0.29, 0.717) is 5.88 Å². The maximum absolute atomic E-state index is 9.16. The van der Waals surface area contributed by atoms with Gasteiger partial charge < -0.3 is 9.84 Å². The third kappa shape index (κ3) is 3.34. The normalized spacial score (nSPS) is 12.6. The van der Waals surface area contributed by atoms with Crippen LogP contribution in [0.25, 0.3) is 0 Å². The Bertz CT molecular complexity index is 297. The van der Waals surface area contributed by atoms with Crippen LogP contribution in [-0.2, 0) is 6.42 Å². The van der Waals surface area contributed by atoms with E-state index < -0.39 is 0 Å². The van der Waals surface area contributed by atoms with E-state index in [4.69, 9.17) is 9.84 Å². The first kappa shape index (κ1) is 11.0. The second kappa shape index (κ2) is 4.96. The lowest BCUT2D eigenvalue weighted by molar-refractivity contribution is 0.185. The molecule has 0 aliphatic heterocycles. The number of nitrogens with zero attached hydrogens (tertiary/aromatic N) is 1. The van der Waals surface area contributed by atoms with E-state index in [1.54, 1.807) is 14.0 Å². The van der Waals surface area contributed by atoms with Crippen LogP contribution in [0.4, 0.5) is 0 Å². The largest absolute Gasteiger partial charge is 0.481 e. The van der Waals surface area contributed by atoms with Crippen molar-refractivity contribution in [3.63, 3.8) is 0 Å².